The lowest BCUT2D eigenvalue weighted by molar-refractivity contribution is 0.407. The molecule has 0 bridgehead atoms. The fraction of sp³-hybridized carbons (Fsp3) is 0.143. The van der Waals surface area contributed by atoms with Crippen molar-refractivity contribution >= 4 is 53.5 Å². The van der Waals surface area contributed by atoms with Gasteiger partial charge in [0.15, 0.2) is 0 Å². The Labute approximate surface area is 142 Å². The molecule has 106 valence electrons. The first-order valence-corrected chi connectivity index (χ1v) is 8.10. The Bertz CT molecular complexity index is 634. The molecule has 0 unspecified atom stereocenters. The maximum Gasteiger partial charge on any atom is 0.139 e. The van der Waals surface area contributed by atoms with Gasteiger partial charge in [0, 0.05) is 22.3 Å². The van der Waals surface area contributed by atoms with Crippen LogP contribution in [0.4, 0.5) is 10.1 Å². The Morgan fingerprint density at radius 3 is 2.50 bits per heavy atom. The zero-order valence-corrected chi connectivity index (χ0v) is 15.3. The van der Waals surface area contributed by atoms with Crippen molar-refractivity contribution in [3.63, 3.8) is 0 Å². The van der Waals surface area contributed by atoms with Gasteiger partial charge in [-0.1, -0.05) is 15.9 Å². The van der Waals surface area contributed by atoms with Crippen molar-refractivity contribution < 1.29 is 9.13 Å². The Hall–Kier alpha value is -0.590. The zero-order chi connectivity index (χ0) is 14.7. The van der Waals surface area contributed by atoms with Crippen molar-refractivity contribution in [1.29, 1.82) is 0 Å². The third-order valence-electron chi connectivity index (χ3n) is 2.69. The second-order valence-electron chi connectivity index (χ2n) is 4.06. The van der Waals surface area contributed by atoms with Crippen LogP contribution in [0, 0.1) is 5.82 Å². The summed E-state index contributed by atoms with van der Waals surface area (Å²) in [6.07, 6.45) is 0. The highest BCUT2D eigenvalue weighted by molar-refractivity contribution is 9.11. The average molecular weight is 468 g/mol. The normalized spacial score (nSPS) is 10.4. The van der Waals surface area contributed by atoms with E-state index in [9.17, 15) is 4.39 Å². The zero-order valence-electron chi connectivity index (χ0n) is 10.5. The van der Waals surface area contributed by atoms with Crippen LogP contribution in [0.5, 0.6) is 5.75 Å². The van der Waals surface area contributed by atoms with E-state index in [-0.39, 0.29) is 5.82 Å². The van der Waals surface area contributed by atoms with Crippen LogP contribution >= 0.6 is 47.8 Å². The van der Waals surface area contributed by atoms with Crippen LogP contribution in [-0.4, -0.2) is 7.11 Å². The van der Waals surface area contributed by atoms with E-state index >= 15 is 0 Å². The Morgan fingerprint density at radius 1 is 1.10 bits per heavy atom. The summed E-state index contributed by atoms with van der Waals surface area (Å²) in [6, 6.07) is 8.81. The van der Waals surface area contributed by atoms with E-state index in [1.54, 1.807) is 13.2 Å². The summed E-state index contributed by atoms with van der Waals surface area (Å²) in [5.41, 5.74) is 1.68. The number of hydrogen-bond acceptors (Lipinski definition) is 2. The molecular formula is C14H11Br3FNO. The van der Waals surface area contributed by atoms with Gasteiger partial charge in [-0.25, -0.2) is 4.39 Å². The number of halogens is 4. The summed E-state index contributed by atoms with van der Waals surface area (Å²) in [7, 11) is 1.62. The molecule has 20 heavy (non-hydrogen) atoms. The van der Waals surface area contributed by atoms with Crippen molar-refractivity contribution in [2.24, 2.45) is 0 Å². The number of anilines is 1. The fourth-order valence-electron chi connectivity index (χ4n) is 1.78. The Morgan fingerprint density at radius 2 is 1.85 bits per heavy atom. The predicted molar refractivity (Wildman–Crippen MR) is 89.8 cm³/mol. The first kappa shape index (κ1) is 15.8. The summed E-state index contributed by atoms with van der Waals surface area (Å²) < 4.78 is 21.1. The van der Waals surface area contributed by atoms with Gasteiger partial charge in [-0.2, -0.15) is 0 Å². The minimum Gasteiger partial charge on any atom is -0.495 e. The molecule has 2 aromatic carbocycles. The van der Waals surface area contributed by atoms with Crippen LogP contribution in [0.25, 0.3) is 0 Å². The molecule has 0 aromatic heterocycles. The van der Waals surface area contributed by atoms with Gasteiger partial charge < -0.3 is 10.1 Å². The smallest absolute Gasteiger partial charge is 0.139 e. The maximum atomic E-state index is 13.5. The van der Waals surface area contributed by atoms with E-state index in [4.69, 9.17) is 4.74 Å². The topological polar surface area (TPSA) is 21.3 Å². The largest absolute Gasteiger partial charge is 0.495 e. The Balaban J connectivity index is 2.20. The SMILES string of the molecule is COc1c(Br)cc(Br)cc1CNc1ccc(Br)c(F)c1. The molecule has 0 aliphatic rings. The molecule has 6 heteroatoms. The van der Waals surface area contributed by atoms with Gasteiger partial charge in [0.2, 0.25) is 0 Å². The van der Waals surface area contributed by atoms with Gasteiger partial charge in [0.25, 0.3) is 0 Å². The summed E-state index contributed by atoms with van der Waals surface area (Å²) in [4.78, 5) is 0. The summed E-state index contributed by atoms with van der Waals surface area (Å²) >= 11 is 10.0. The highest BCUT2D eigenvalue weighted by atomic mass is 79.9. The predicted octanol–water partition coefficient (Wildman–Crippen LogP) is 5.73. The van der Waals surface area contributed by atoms with Crippen LogP contribution < -0.4 is 10.1 Å². The summed E-state index contributed by atoms with van der Waals surface area (Å²) in [5.74, 6) is 0.468. The first-order chi connectivity index (χ1) is 9.51. The van der Waals surface area contributed by atoms with Gasteiger partial charge in [-0.05, 0) is 62.2 Å². The highest BCUT2D eigenvalue weighted by Gasteiger charge is 2.09. The van der Waals surface area contributed by atoms with E-state index in [2.05, 4.69) is 53.1 Å². The summed E-state index contributed by atoms with van der Waals surface area (Å²) in [5, 5.41) is 3.18. The number of hydrogen-bond donors (Lipinski definition) is 1. The molecule has 2 rings (SSSR count). The van der Waals surface area contributed by atoms with Crippen molar-refractivity contribution in [2.45, 2.75) is 6.54 Å². The number of benzene rings is 2. The molecule has 2 nitrogen and oxygen atoms in total. The number of nitrogens with one attached hydrogen (secondary N) is 1. The third kappa shape index (κ3) is 3.74. The van der Waals surface area contributed by atoms with Crippen LogP contribution in [-0.2, 0) is 6.54 Å². The summed E-state index contributed by atoms with van der Waals surface area (Å²) in [6.45, 7) is 0.530. The fourth-order valence-corrected chi connectivity index (χ4v) is 3.50. The van der Waals surface area contributed by atoms with E-state index in [0.29, 0.717) is 16.7 Å². The van der Waals surface area contributed by atoms with Crippen LogP contribution in [0.3, 0.4) is 0 Å². The quantitative estimate of drug-likeness (QED) is 0.619. The molecule has 0 heterocycles. The standard InChI is InChI=1S/C14H11Br3FNO/c1-20-14-8(4-9(15)5-12(14)17)7-19-10-2-3-11(16)13(18)6-10/h2-6,19H,7H2,1H3. The number of methoxy groups -OCH3 is 1. The van der Waals surface area contributed by atoms with Crippen LogP contribution in [0.2, 0.25) is 0 Å². The highest BCUT2D eigenvalue weighted by Crippen LogP contribution is 2.33. The van der Waals surface area contributed by atoms with Gasteiger partial charge in [-0.3, -0.25) is 0 Å². The molecule has 0 radical (unpaired) electrons. The van der Waals surface area contributed by atoms with Gasteiger partial charge in [-0.15, -0.1) is 0 Å². The molecular weight excluding hydrogens is 457 g/mol. The lowest BCUT2D eigenvalue weighted by atomic mass is 10.2. The van der Waals surface area contributed by atoms with Gasteiger partial charge in [0.1, 0.15) is 11.6 Å². The molecule has 0 aliphatic carbocycles. The molecule has 0 fully saturated rings. The molecule has 0 amide bonds. The molecule has 2 aromatic rings. The maximum absolute atomic E-state index is 13.5. The third-order valence-corrected chi connectivity index (χ3v) is 4.38. The number of ether oxygens (including phenoxy) is 1. The average Bonchev–Trinajstić information content (AvgIpc) is 2.39. The van der Waals surface area contributed by atoms with E-state index in [1.807, 2.05) is 18.2 Å². The van der Waals surface area contributed by atoms with Gasteiger partial charge in [0.05, 0.1) is 16.1 Å². The molecule has 0 atom stereocenters. The second kappa shape index (κ2) is 6.91. The van der Waals surface area contributed by atoms with Crippen molar-refractivity contribution in [3.8, 4) is 5.75 Å². The van der Waals surface area contributed by atoms with Gasteiger partial charge >= 0.3 is 0 Å². The lowest BCUT2D eigenvalue weighted by Gasteiger charge is -2.13. The van der Waals surface area contributed by atoms with Crippen LogP contribution in [0.15, 0.2) is 43.7 Å². The minimum atomic E-state index is -0.294. The monoisotopic (exact) mass is 465 g/mol. The minimum absolute atomic E-state index is 0.294. The van der Waals surface area contributed by atoms with E-state index < -0.39 is 0 Å². The van der Waals surface area contributed by atoms with Crippen LogP contribution in [0.1, 0.15) is 5.56 Å². The molecule has 1 N–H and O–H groups in total. The van der Waals surface area contributed by atoms with Crippen molar-refractivity contribution in [1.82, 2.24) is 0 Å². The number of rotatable bonds is 4. The van der Waals surface area contributed by atoms with E-state index in [0.717, 1.165) is 20.3 Å². The lowest BCUT2D eigenvalue weighted by Crippen LogP contribution is -2.02. The van der Waals surface area contributed by atoms with E-state index in [1.165, 1.54) is 6.07 Å². The molecule has 0 saturated carbocycles. The van der Waals surface area contributed by atoms with Crippen molar-refractivity contribution in [3.05, 3.63) is 55.1 Å². The molecule has 0 saturated heterocycles. The molecule has 0 aliphatic heterocycles. The van der Waals surface area contributed by atoms with Crippen molar-refractivity contribution in [2.75, 3.05) is 12.4 Å². The Kier molecular flexibility index (Phi) is 5.46. The first-order valence-electron chi connectivity index (χ1n) is 5.72. The molecule has 0 spiro atoms. The second-order valence-corrected chi connectivity index (χ2v) is 6.69.